The molecule has 2 aromatic carbocycles. The van der Waals surface area contributed by atoms with E-state index in [0.717, 1.165) is 37.7 Å². The summed E-state index contributed by atoms with van der Waals surface area (Å²) in [6, 6.07) is 17.5. The highest BCUT2D eigenvalue weighted by atomic mass is 32.1. The molecule has 1 aliphatic heterocycles. The molecule has 0 amide bonds. The molecule has 1 fully saturated rings. The Hall–Kier alpha value is -2.17. The van der Waals surface area contributed by atoms with Crippen molar-refractivity contribution in [2.75, 3.05) is 31.1 Å². The summed E-state index contributed by atoms with van der Waals surface area (Å²) >= 11 is 1.75. The fourth-order valence-corrected chi connectivity index (χ4v) is 4.24. The fraction of sp³-hybridized carbons (Fsp3) is 0.318. The zero-order chi connectivity index (χ0) is 17.9. The first-order chi connectivity index (χ1) is 12.7. The predicted molar refractivity (Wildman–Crippen MR) is 111 cm³/mol. The molecule has 4 heteroatoms. The van der Waals surface area contributed by atoms with Gasteiger partial charge in [0.1, 0.15) is 5.01 Å². The van der Waals surface area contributed by atoms with Crippen LogP contribution in [0.1, 0.15) is 16.8 Å². The molecule has 1 aromatic heterocycles. The van der Waals surface area contributed by atoms with E-state index >= 15 is 0 Å². The molecule has 0 unspecified atom stereocenters. The van der Waals surface area contributed by atoms with E-state index in [2.05, 4.69) is 77.6 Å². The van der Waals surface area contributed by atoms with Gasteiger partial charge in [0.15, 0.2) is 0 Å². The second-order valence-corrected chi connectivity index (χ2v) is 7.97. The van der Waals surface area contributed by atoms with Crippen LogP contribution in [0.25, 0.3) is 10.6 Å². The van der Waals surface area contributed by atoms with Crippen LogP contribution >= 0.6 is 11.3 Å². The maximum absolute atomic E-state index is 4.86. The lowest BCUT2D eigenvalue weighted by molar-refractivity contribution is 0.247. The molecule has 1 saturated heterocycles. The van der Waals surface area contributed by atoms with Gasteiger partial charge >= 0.3 is 0 Å². The summed E-state index contributed by atoms with van der Waals surface area (Å²) in [6.07, 6.45) is 0. The topological polar surface area (TPSA) is 19.4 Å². The van der Waals surface area contributed by atoms with Gasteiger partial charge in [-0.25, -0.2) is 4.98 Å². The molecule has 3 nitrogen and oxygen atoms in total. The minimum Gasteiger partial charge on any atom is -0.369 e. The average Bonchev–Trinajstić information content (AvgIpc) is 3.11. The third kappa shape index (κ3) is 3.97. The van der Waals surface area contributed by atoms with Crippen molar-refractivity contribution in [2.24, 2.45) is 0 Å². The number of aryl methyl sites for hydroxylation is 2. The molecule has 0 bridgehead atoms. The minimum absolute atomic E-state index is 0.948. The number of hydrogen-bond donors (Lipinski definition) is 0. The molecule has 0 atom stereocenters. The highest BCUT2D eigenvalue weighted by Crippen LogP contribution is 2.25. The van der Waals surface area contributed by atoms with Crippen molar-refractivity contribution in [3.63, 3.8) is 0 Å². The maximum atomic E-state index is 4.86. The van der Waals surface area contributed by atoms with Gasteiger partial charge in [-0.3, -0.25) is 4.90 Å². The highest BCUT2D eigenvalue weighted by Gasteiger charge is 2.18. The van der Waals surface area contributed by atoms with Crippen LogP contribution in [0.3, 0.4) is 0 Å². The smallest absolute Gasteiger partial charge is 0.123 e. The van der Waals surface area contributed by atoms with Crippen molar-refractivity contribution in [1.29, 1.82) is 0 Å². The summed E-state index contributed by atoms with van der Waals surface area (Å²) in [4.78, 5) is 9.86. The average molecular weight is 364 g/mol. The lowest BCUT2D eigenvalue weighted by Gasteiger charge is -2.35. The van der Waals surface area contributed by atoms with Crippen molar-refractivity contribution in [1.82, 2.24) is 9.88 Å². The van der Waals surface area contributed by atoms with E-state index in [-0.39, 0.29) is 0 Å². The van der Waals surface area contributed by atoms with Crippen LogP contribution in [0.4, 0.5) is 5.69 Å². The quantitative estimate of drug-likeness (QED) is 0.667. The molecule has 3 aromatic rings. The van der Waals surface area contributed by atoms with Crippen LogP contribution in [0.2, 0.25) is 0 Å². The highest BCUT2D eigenvalue weighted by molar-refractivity contribution is 7.13. The zero-order valence-corrected chi connectivity index (χ0v) is 16.3. The standard InChI is InChI=1S/C22H25N3S/c1-17-6-8-19(9-7-17)22-23-20(16-26-22)15-24-10-12-25(13-11-24)21-5-3-4-18(2)14-21/h3-9,14,16H,10-13,15H2,1-2H3. The number of thiazole rings is 1. The number of hydrogen-bond acceptors (Lipinski definition) is 4. The second kappa shape index (κ2) is 7.60. The van der Waals surface area contributed by atoms with Gasteiger partial charge in [-0.05, 0) is 31.5 Å². The van der Waals surface area contributed by atoms with Crippen LogP contribution in [0.15, 0.2) is 53.9 Å². The molecule has 0 saturated carbocycles. The van der Waals surface area contributed by atoms with Crippen molar-refractivity contribution in [2.45, 2.75) is 20.4 Å². The van der Waals surface area contributed by atoms with Crippen LogP contribution in [0.5, 0.6) is 0 Å². The number of aromatic nitrogens is 1. The lowest BCUT2D eigenvalue weighted by atomic mass is 10.2. The van der Waals surface area contributed by atoms with Gasteiger partial charge in [-0.15, -0.1) is 11.3 Å². The number of benzene rings is 2. The van der Waals surface area contributed by atoms with Gasteiger partial charge in [0.25, 0.3) is 0 Å². The Kier molecular flexibility index (Phi) is 5.05. The first-order valence-electron chi connectivity index (χ1n) is 9.23. The Bertz CT molecular complexity index is 861. The van der Waals surface area contributed by atoms with Gasteiger partial charge in [-0.1, -0.05) is 42.0 Å². The molecule has 0 radical (unpaired) electrons. The number of anilines is 1. The van der Waals surface area contributed by atoms with E-state index in [1.807, 2.05) is 0 Å². The van der Waals surface area contributed by atoms with E-state index < -0.39 is 0 Å². The van der Waals surface area contributed by atoms with E-state index in [4.69, 9.17) is 4.98 Å². The largest absolute Gasteiger partial charge is 0.369 e. The lowest BCUT2D eigenvalue weighted by Crippen LogP contribution is -2.46. The molecule has 26 heavy (non-hydrogen) atoms. The van der Waals surface area contributed by atoms with Crippen molar-refractivity contribution < 1.29 is 0 Å². The van der Waals surface area contributed by atoms with Gasteiger partial charge in [0, 0.05) is 49.4 Å². The monoisotopic (exact) mass is 363 g/mol. The van der Waals surface area contributed by atoms with Crippen molar-refractivity contribution in [3.05, 3.63) is 70.7 Å². The van der Waals surface area contributed by atoms with Gasteiger partial charge in [0.05, 0.1) is 5.69 Å². The molecular weight excluding hydrogens is 338 g/mol. The number of rotatable bonds is 4. The maximum Gasteiger partial charge on any atom is 0.123 e. The van der Waals surface area contributed by atoms with Gasteiger partial charge in [0.2, 0.25) is 0 Å². The molecule has 134 valence electrons. The molecule has 0 N–H and O–H groups in total. The third-order valence-corrected chi connectivity index (χ3v) is 5.92. The minimum atomic E-state index is 0.948. The summed E-state index contributed by atoms with van der Waals surface area (Å²) in [7, 11) is 0. The first-order valence-corrected chi connectivity index (χ1v) is 10.1. The Labute approximate surface area is 159 Å². The summed E-state index contributed by atoms with van der Waals surface area (Å²) in [5.74, 6) is 0. The van der Waals surface area contributed by atoms with Crippen LogP contribution < -0.4 is 4.90 Å². The molecular formula is C22H25N3S. The van der Waals surface area contributed by atoms with E-state index in [1.165, 1.54) is 28.1 Å². The number of piperazine rings is 1. The van der Waals surface area contributed by atoms with E-state index in [9.17, 15) is 0 Å². The molecule has 1 aliphatic rings. The number of nitrogens with zero attached hydrogens (tertiary/aromatic N) is 3. The first kappa shape index (κ1) is 17.3. The van der Waals surface area contributed by atoms with Crippen LogP contribution in [-0.4, -0.2) is 36.1 Å². The fourth-order valence-electron chi connectivity index (χ4n) is 3.43. The molecule has 2 heterocycles. The van der Waals surface area contributed by atoms with Crippen LogP contribution in [-0.2, 0) is 6.54 Å². The van der Waals surface area contributed by atoms with Gasteiger partial charge in [-0.2, -0.15) is 0 Å². The van der Waals surface area contributed by atoms with Gasteiger partial charge < -0.3 is 4.90 Å². The zero-order valence-electron chi connectivity index (χ0n) is 15.5. The SMILES string of the molecule is Cc1ccc(-c2nc(CN3CCN(c4cccc(C)c4)CC3)cs2)cc1. The van der Waals surface area contributed by atoms with Crippen molar-refractivity contribution >= 4 is 17.0 Å². The summed E-state index contributed by atoms with van der Waals surface area (Å²) < 4.78 is 0. The second-order valence-electron chi connectivity index (χ2n) is 7.11. The Morgan fingerprint density at radius 1 is 0.923 bits per heavy atom. The van der Waals surface area contributed by atoms with Crippen LogP contribution in [0, 0.1) is 13.8 Å². The molecule has 4 rings (SSSR count). The summed E-state index contributed by atoms with van der Waals surface area (Å²) in [5.41, 5.74) is 6.37. The predicted octanol–water partition coefficient (Wildman–Crippen LogP) is 4.75. The Morgan fingerprint density at radius 3 is 2.42 bits per heavy atom. The van der Waals surface area contributed by atoms with Crippen molar-refractivity contribution in [3.8, 4) is 10.6 Å². The summed E-state index contributed by atoms with van der Waals surface area (Å²) in [5, 5.41) is 3.33. The molecule has 0 spiro atoms. The third-order valence-electron chi connectivity index (χ3n) is 4.97. The van der Waals surface area contributed by atoms with E-state index in [1.54, 1.807) is 11.3 Å². The Balaban J connectivity index is 1.35. The Morgan fingerprint density at radius 2 is 1.69 bits per heavy atom. The normalized spacial score (nSPS) is 15.4. The van der Waals surface area contributed by atoms with E-state index in [0.29, 0.717) is 0 Å². The molecule has 0 aliphatic carbocycles. The summed E-state index contributed by atoms with van der Waals surface area (Å²) in [6.45, 7) is 9.57.